The maximum Gasteiger partial charge on any atom is 0.241 e. The second kappa shape index (κ2) is 8.14. The molecule has 2 fully saturated rings. The van der Waals surface area contributed by atoms with Crippen LogP contribution in [-0.2, 0) is 9.53 Å². The standard InChI is InChI=1S/C17H32N2O2/c1-4-6-8-15-17(20)19(16(18-15)7-5-2)13(3)14-9-11-21-12-10-14/h13-16,18H,4-12H2,1-3H3. The molecule has 0 bridgehead atoms. The van der Waals surface area contributed by atoms with Gasteiger partial charge in [-0.3, -0.25) is 10.1 Å². The lowest BCUT2D eigenvalue weighted by molar-refractivity contribution is -0.134. The molecule has 21 heavy (non-hydrogen) atoms. The van der Waals surface area contributed by atoms with Gasteiger partial charge in [-0.25, -0.2) is 0 Å². The molecule has 2 rings (SSSR count). The molecule has 1 N–H and O–H groups in total. The van der Waals surface area contributed by atoms with E-state index in [1.54, 1.807) is 0 Å². The third-order valence-electron chi connectivity index (χ3n) is 5.08. The van der Waals surface area contributed by atoms with E-state index in [9.17, 15) is 4.79 Å². The van der Waals surface area contributed by atoms with Crippen molar-refractivity contribution in [2.24, 2.45) is 5.92 Å². The Balaban J connectivity index is 2.03. The van der Waals surface area contributed by atoms with Crippen LogP contribution in [0.15, 0.2) is 0 Å². The van der Waals surface area contributed by atoms with Gasteiger partial charge in [0.05, 0.1) is 12.2 Å². The fourth-order valence-electron chi connectivity index (χ4n) is 3.74. The summed E-state index contributed by atoms with van der Waals surface area (Å²) in [5.74, 6) is 0.926. The van der Waals surface area contributed by atoms with E-state index in [4.69, 9.17) is 4.74 Å². The molecule has 0 saturated carbocycles. The van der Waals surface area contributed by atoms with E-state index in [1.165, 1.54) is 0 Å². The van der Waals surface area contributed by atoms with Gasteiger partial charge in [0.25, 0.3) is 0 Å². The van der Waals surface area contributed by atoms with Crippen LogP contribution in [0.3, 0.4) is 0 Å². The lowest BCUT2D eigenvalue weighted by Crippen LogP contribution is -2.47. The number of carbonyl (C=O) groups excluding carboxylic acids is 1. The van der Waals surface area contributed by atoms with Crippen molar-refractivity contribution in [3.05, 3.63) is 0 Å². The molecule has 0 aromatic heterocycles. The summed E-state index contributed by atoms with van der Waals surface area (Å²) in [6, 6.07) is 0.376. The normalized spacial score (nSPS) is 29.1. The van der Waals surface area contributed by atoms with Crippen molar-refractivity contribution >= 4 is 5.91 Å². The highest BCUT2D eigenvalue weighted by Gasteiger charge is 2.42. The van der Waals surface area contributed by atoms with Gasteiger partial charge in [-0.05, 0) is 38.5 Å². The highest BCUT2D eigenvalue weighted by Crippen LogP contribution is 2.29. The molecule has 1 amide bonds. The first kappa shape index (κ1) is 16.8. The Morgan fingerprint density at radius 2 is 1.95 bits per heavy atom. The van der Waals surface area contributed by atoms with E-state index in [2.05, 4.69) is 31.0 Å². The number of carbonyl (C=O) groups is 1. The van der Waals surface area contributed by atoms with Crippen molar-refractivity contribution in [3.8, 4) is 0 Å². The molecule has 2 aliphatic rings. The van der Waals surface area contributed by atoms with Crippen molar-refractivity contribution in [2.75, 3.05) is 13.2 Å². The first-order valence-electron chi connectivity index (χ1n) is 8.85. The van der Waals surface area contributed by atoms with Crippen LogP contribution in [0.4, 0.5) is 0 Å². The highest BCUT2D eigenvalue weighted by molar-refractivity contribution is 5.84. The van der Waals surface area contributed by atoms with Crippen LogP contribution in [0.5, 0.6) is 0 Å². The maximum absolute atomic E-state index is 12.8. The fraction of sp³-hybridized carbons (Fsp3) is 0.941. The fourth-order valence-corrected chi connectivity index (χ4v) is 3.74. The largest absolute Gasteiger partial charge is 0.381 e. The topological polar surface area (TPSA) is 41.6 Å². The number of nitrogens with zero attached hydrogens (tertiary/aromatic N) is 1. The van der Waals surface area contributed by atoms with E-state index in [1.807, 2.05) is 0 Å². The quantitative estimate of drug-likeness (QED) is 0.785. The van der Waals surface area contributed by atoms with E-state index < -0.39 is 0 Å². The zero-order valence-corrected chi connectivity index (χ0v) is 13.9. The minimum atomic E-state index is 0.0452. The molecule has 3 atom stereocenters. The van der Waals surface area contributed by atoms with Gasteiger partial charge >= 0.3 is 0 Å². The lowest BCUT2D eigenvalue weighted by atomic mass is 9.91. The molecule has 2 heterocycles. The summed E-state index contributed by atoms with van der Waals surface area (Å²) in [7, 11) is 0. The van der Waals surface area contributed by atoms with E-state index in [0.717, 1.165) is 58.2 Å². The van der Waals surface area contributed by atoms with Gasteiger partial charge in [-0.1, -0.05) is 33.1 Å². The number of hydrogen-bond acceptors (Lipinski definition) is 3. The molecule has 4 heteroatoms. The van der Waals surface area contributed by atoms with E-state index in [0.29, 0.717) is 17.9 Å². The Morgan fingerprint density at radius 1 is 1.24 bits per heavy atom. The first-order valence-corrected chi connectivity index (χ1v) is 8.85. The molecule has 2 aliphatic heterocycles. The smallest absolute Gasteiger partial charge is 0.241 e. The first-order chi connectivity index (χ1) is 10.2. The minimum Gasteiger partial charge on any atom is -0.381 e. The lowest BCUT2D eigenvalue weighted by Gasteiger charge is -2.37. The third-order valence-corrected chi connectivity index (χ3v) is 5.08. The van der Waals surface area contributed by atoms with Crippen LogP contribution < -0.4 is 5.32 Å². The van der Waals surface area contributed by atoms with Crippen LogP contribution in [-0.4, -0.2) is 42.3 Å². The third kappa shape index (κ3) is 3.98. The summed E-state index contributed by atoms with van der Waals surface area (Å²) in [4.78, 5) is 15.0. The number of rotatable bonds is 7. The zero-order valence-electron chi connectivity index (χ0n) is 13.9. The molecule has 0 radical (unpaired) electrons. The second-order valence-electron chi connectivity index (χ2n) is 6.60. The summed E-state index contributed by atoms with van der Waals surface area (Å²) in [5, 5.41) is 3.59. The van der Waals surface area contributed by atoms with Crippen molar-refractivity contribution < 1.29 is 9.53 Å². The molecular weight excluding hydrogens is 264 g/mol. The van der Waals surface area contributed by atoms with Crippen LogP contribution >= 0.6 is 0 Å². The molecule has 0 aromatic rings. The Kier molecular flexibility index (Phi) is 6.49. The van der Waals surface area contributed by atoms with Crippen LogP contribution in [0.1, 0.15) is 65.7 Å². The molecule has 122 valence electrons. The Hall–Kier alpha value is -0.610. The van der Waals surface area contributed by atoms with E-state index >= 15 is 0 Å². The number of unbranched alkanes of at least 4 members (excludes halogenated alkanes) is 1. The average Bonchev–Trinajstić information content (AvgIpc) is 2.81. The maximum atomic E-state index is 12.8. The Morgan fingerprint density at radius 3 is 2.57 bits per heavy atom. The number of nitrogens with one attached hydrogen (secondary N) is 1. The van der Waals surface area contributed by atoms with Crippen LogP contribution in [0.25, 0.3) is 0 Å². The molecule has 2 saturated heterocycles. The minimum absolute atomic E-state index is 0.0452. The van der Waals surface area contributed by atoms with Gasteiger partial charge in [0.2, 0.25) is 5.91 Å². The number of amides is 1. The molecular formula is C17H32N2O2. The van der Waals surface area contributed by atoms with Gasteiger partial charge < -0.3 is 9.64 Å². The molecule has 4 nitrogen and oxygen atoms in total. The number of ether oxygens (including phenoxy) is 1. The summed E-state index contributed by atoms with van der Waals surface area (Å²) in [6.07, 6.45) is 7.84. The Labute approximate surface area is 129 Å². The van der Waals surface area contributed by atoms with Crippen molar-refractivity contribution in [1.29, 1.82) is 0 Å². The van der Waals surface area contributed by atoms with Gasteiger partial charge in [0.15, 0.2) is 0 Å². The summed E-state index contributed by atoms with van der Waals surface area (Å²) >= 11 is 0. The van der Waals surface area contributed by atoms with Gasteiger partial charge in [0, 0.05) is 19.3 Å². The van der Waals surface area contributed by atoms with Crippen molar-refractivity contribution in [3.63, 3.8) is 0 Å². The predicted molar refractivity (Wildman–Crippen MR) is 85.0 cm³/mol. The molecule has 0 spiro atoms. The summed E-state index contributed by atoms with van der Waals surface area (Å²) in [6.45, 7) is 8.32. The van der Waals surface area contributed by atoms with Gasteiger partial charge in [-0.15, -0.1) is 0 Å². The monoisotopic (exact) mass is 296 g/mol. The van der Waals surface area contributed by atoms with Crippen LogP contribution in [0, 0.1) is 5.92 Å². The van der Waals surface area contributed by atoms with Gasteiger partial charge in [-0.2, -0.15) is 0 Å². The van der Waals surface area contributed by atoms with Gasteiger partial charge in [0.1, 0.15) is 0 Å². The summed E-state index contributed by atoms with van der Waals surface area (Å²) in [5.41, 5.74) is 0. The predicted octanol–water partition coefficient (Wildman–Crippen LogP) is 2.92. The molecule has 0 aromatic carbocycles. The SMILES string of the molecule is CCCCC1NC(CCC)N(C(C)C2CCOCC2)C1=O. The highest BCUT2D eigenvalue weighted by atomic mass is 16.5. The van der Waals surface area contributed by atoms with Crippen LogP contribution in [0.2, 0.25) is 0 Å². The Bertz CT molecular complexity index is 329. The van der Waals surface area contributed by atoms with Crippen molar-refractivity contribution in [2.45, 2.75) is 84.0 Å². The second-order valence-corrected chi connectivity index (χ2v) is 6.60. The van der Waals surface area contributed by atoms with E-state index in [-0.39, 0.29) is 12.2 Å². The zero-order chi connectivity index (χ0) is 15.2. The molecule has 0 aliphatic carbocycles. The summed E-state index contributed by atoms with van der Waals surface area (Å²) < 4.78 is 5.47. The van der Waals surface area contributed by atoms with Crippen molar-refractivity contribution in [1.82, 2.24) is 10.2 Å². The molecule has 3 unspecified atom stereocenters. The average molecular weight is 296 g/mol. The number of hydrogen-bond donors (Lipinski definition) is 1.